The van der Waals surface area contributed by atoms with Gasteiger partial charge in [-0.15, -0.1) is 23.5 Å². The molecule has 0 aliphatic heterocycles. The molecule has 236 valence electrons. The van der Waals surface area contributed by atoms with Crippen molar-refractivity contribution in [1.82, 2.24) is 9.80 Å². The van der Waals surface area contributed by atoms with Crippen molar-refractivity contribution in [2.75, 3.05) is 37.7 Å². The van der Waals surface area contributed by atoms with E-state index in [1.165, 1.54) is 0 Å². The van der Waals surface area contributed by atoms with Gasteiger partial charge in [-0.2, -0.15) is 0 Å². The van der Waals surface area contributed by atoms with Gasteiger partial charge in [0.25, 0.3) is 11.8 Å². The van der Waals surface area contributed by atoms with Gasteiger partial charge in [0.2, 0.25) is 0 Å². The van der Waals surface area contributed by atoms with E-state index in [9.17, 15) is 9.59 Å². The first-order valence-corrected chi connectivity index (χ1v) is 17.9. The van der Waals surface area contributed by atoms with Crippen molar-refractivity contribution in [3.63, 3.8) is 0 Å². The first-order valence-electron chi connectivity index (χ1n) is 15.1. The minimum absolute atomic E-state index is 0.0762. The molecule has 0 aliphatic rings. The van der Waals surface area contributed by atoms with Crippen LogP contribution >= 0.6 is 46.7 Å². The van der Waals surface area contributed by atoms with Gasteiger partial charge >= 0.3 is 0 Å². The minimum atomic E-state index is 0.0762. The first kappa shape index (κ1) is 38.7. The highest BCUT2D eigenvalue weighted by Gasteiger charge is 2.22. The highest BCUT2D eigenvalue weighted by molar-refractivity contribution is 7.99. The molecule has 0 fully saturated rings. The van der Waals surface area contributed by atoms with Crippen molar-refractivity contribution in [3.05, 3.63) is 57.6 Å². The van der Waals surface area contributed by atoms with E-state index < -0.39 is 0 Å². The molecule has 4 nitrogen and oxygen atoms in total. The van der Waals surface area contributed by atoms with Gasteiger partial charge in [-0.25, -0.2) is 0 Å². The molecule has 42 heavy (non-hydrogen) atoms. The quantitative estimate of drug-likeness (QED) is 0.190. The summed E-state index contributed by atoms with van der Waals surface area (Å²) < 4.78 is 0. The van der Waals surface area contributed by atoms with E-state index in [0.29, 0.717) is 39.3 Å². The molecular weight excluding hydrogens is 603 g/mol. The molecule has 0 saturated carbocycles. The number of hydrogen-bond acceptors (Lipinski definition) is 4. The monoisotopic (exact) mass is 654 g/mol. The Balaban J connectivity index is 0.000000420. The molecule has 0 saturated heterocycles. The van der Waals surface area contributed by atoms with Crippen LogP contribution in [0.5, 0.6) is 0 Å². The maximum absolute atomic E-state index is 12.9. The van der Waals surface area contributed by atoms with Gasteiger partial charge in [-0.1, -0.05) is 98.5 Å². The van der Waals surface area contributed by atoms with Crippen LogP contribution in [0.15, 0.2) is 46.2 Å². The Morgan fingerprint density at radius 1 is 0.667 bits per heavy atom. The summed E-state index contributed by atoms with van der Waals surface area (Å²) >= 11 is 15.9. The van der Waals surface area contributed by atoms with Crippen LogP contribution in [0, 0.1) is 23.7 Å². The predicted octanol–water partition coefficient (Wildman–Crippen LogP) is 10.4. The number of benzene rings is 2. The van der Waals surface area contributed by atoms with Crippen LogP contribution in [0.25, 0.3) is 0 Å². The zero-order chi connectivity index (χ0) is 32.0. The van der Waals surface area contributed by atoms with Crippen LogP contribution in [-0.2, 0) is 0 Å². The van der Waals surface area contributed by atoms with E-state index in [0.717, 1.165) is 53.0 Å². The molecule has 2 aromatic rings. The third-order valence-corrected chi connectivity index (χ3v) is 8.71. The summed E-state index contributed by atoms with van der Waals surface area (Å²) in [5.41, 5.74) is 1.41. The van der Waals surface area contributed by atoms with Crippen molar-refractivity contribution in [1.29, 1.82) is 0 Å². The highest BCUT2D eigenvalue weighted by atomic mass is 35.5. The number of carbonyl (C=O) groups excluding carboxylic acids is 2. The number of rotatable bonds is 14. The molecular formula is C34H52Cl2N2O2S2. The summed E-state index contributed by atoms with van der Waals surface area (Å²) in [6.07, 6.45) is 0. The molecule has 0 heterocycles. The molecule has 2 rings (SSSR count). The Hall–Kier alpha value is -1.34. The van der Waals surface area contributed by atoms with E-state index in [-0.39, 0.29) is 11.8 Å². The van der Waals surface area contributed by atoms with Gasteiger partial charge in [-0.05, 0) is 65.5 Å². The molecule has 0 radical (unpaired) electrons. The lowest BCUT2D eigenvalue weighted by Gasteiger charge is -2.27. The Morgan fingerprint density at radius 3 is 1.57 bits per heavy atom. The fourth-order valence-electron chi connectivity index (χ4n) is 4.47. The maximum atomic E-state index is 12.9. The van der Waals surface area contributed by atoms with E-state index in [1.807, 2.05) is 40.1 Å². The largest absolute Gasteiger partial charge is 0.338 e. The number of amides is 2. The summed E-state index contributed by atoms with van der Waals surface area (Å²) in [4.78, 5) is 31.5. The van der Waals surface area contributed by atoms with Crippen LogP contribution in [0.3, 0.4) is 0 Å². The highest BCUT2D eigenvalue weighted by Crippen LogP contribution is 2.32. The van der Waals surface area contributed by atoms with Crippen LogP contribution in [0.1, 0.15) is 90.0 Å². The van der Waals surface area contributed by atoms with E-state index in [1.54, 1.807) is 29.6 Å². The van der Waals surface area contributed by atoms with Crippen LogP contribution in [-0.4, -0.2) is 59.3 Å². The molecule has 2 aromatic carbocycles. The van der Waals surface area contributed by atoms with Crippen LogP contribution in [0.2, 0.25) is 10.0 Å². The molecule has 0 spiro atoms. The zero-order valence-electron chi connectivity index (χ0n) is 27.3. The van der Waals surface area contributed by atoms with E-state index in [2.05, 4.69) is 69.2 Å². The first-order chi connectivity index (χ1) is 19.7. The van der Waals surface area contributed by atoms with Crippen molar-refractivity contribution in [2.45, 2.75) is 79.0 Å². The predicted molar refractivity (Wildman–Crippen MR) is 187 cm³/mol. The average Bonchev–Trinajstić information content (AvgIpc) is 2.89. The fourth-order valence-corrected chi connectivity index (χ4v) is 6.63. The summed E-state index contributed by atoms with van der Waals surface area (Å²) in [7, 11) is 0. The Bertz CT molecular complexity index is 1100. The molecule has 0 bridgehead atoms. The lowest BCUT2D eigenvalue weighted by Crippen LogP contribution is -2.37. The third-order valence-electron chi connectivity index (χ3n) is 5.88. The molecule has 2 amide bonds. The van der Waals surface area contributed by atoms with Gasteiger partial charge in [0, 0.05) is 41.5 Å². The smallest absolute Gasteiger partial charge is 0.255 e. The lowest BCUT2D eigenvalue weighted by molar-refractivity contribution is 0.0707. The van der Waals surface area contributed by atoms with E-state index >= 15 is 0 Å². The summed E-state index contributed by atoms with van der Waals surface area (Å²) in [6.45, 7) is 24.4. The summed E-state index contributed by atoms with van der Waals surface area (Å²) in [5.74, 6) is 3.86. The molecule has 0 atom stereocenters. The van der Waals surface area contributed by atoms with Gasteiger partial charge in [0.15, 0.2) is 0 Å². The second-order valence-electron chi connectivity index (χ2n) is 12.1. The molecule has 0 aromatic heterocycles. The molecule has 8 heteroatoms. The maximum Gasteiger partial charge on any atom is 0.255 e. The summed E-state index contributed by atoms with van der Waals surface area (Å²) in [6, 6.07) is 11.2. The minimum Gasteiger partial charge on any atom is -0.338 e. The number of halogens is 2. The topological polar surface area (TPSA) is 40.6 Å². The van der Waals surface area contributed by atoms with Gasteiger partial charge < -0.3 is 9.80 Å². The molecule has 0 unspecified atom stereocenters. The number of hydrogen-bond donors (Lipinski definition) is 0. The number of carbonyl (C=O) groups is 2. The van der Waals surface area contributed by atoms with Crippen LogP contribution < -0.4 is 0 Å². The van der Waals surface area contributed by atoms with E-state index in [4.69, 9.17) is 23.2 Å². The lowest BCUT2D eigenvalue weighted by atomic mass is 10.1. The second kappa shape index (κ2) is 19.8. The summed E-state index contributed by atoms with van der Waals surface area (Å²) in [5, 5.41) is 1.34. The SMILES string of the molecule is CCSc1c(Cl)cccc1C(=O)N(CC(C)C)CC(C)C.CCSc1ccc(C(=O)N(CC(C)C)CC(C)C)cc1Cl. The van der Waals surface area contributed by atoms with Crippen LogP contribution in [0.4, 0.5) is 0 Å². The van der Waals surface area contributed by atoms with Gasteiger partial charge in [-0.3, -0.25) is 9.59 Å². The zero-order valence-corrected chi connectivity index (χ0v) is 30.4. The van der Waals surface area contributed by atoms with Crippen molar-refractivity contribution < 1.29 is 9.59 Å². The number of thioether (sulfide) groups is 2. The van der Waals surface area contributed by atoms with Gasteiger partial charge in [0.05, 0.1) is 15.6 Å². The molecule has 0 aliphatic carbocycles. The Labute approximate surface area is 274 Å². The van der Waals surface area contributed by atoms with Crippen molar-refractivity contribution in [2.24, 2.45) is 23.7 Å². The van der Waals surface area contributed by atoms with Crippen molar-refractivity contribution in [3.8, 4) is 0 Å². The molecule has 0 N–H and O–H groups in total. The second-order valence-corrected chi connectivity index (χ2v) is 15.5. The average molecular weight is 656 g/mol. The number of nitrogens with zero attached hydrogens (tertiary/aromatic N) is 2. The normalized spacial score (nSPS) is 11.2. The Kier molecular flexibility index (Phi) is 18.3. The van der Waals surface area contributed by atoms with Crippen molar-refractivity contribution >= 4 is 58.5 Å². The standard InChI is InChI=1S/2C17H26ClNOS/c1-6-21-16-8-7-14(9-15(16)18)17(20)19(10-12(2)3)11-13(4)5;1-6-21-16-14(8-7-9-15(16)18)17(20)19(10-12(2)3)11-13(4)5/h2*7-9,12-13H,6,10-11H2,1-5H3. The Morgan fingerprint density at radius 2 is 1.14 bits per heavy atom. The fraction of sp³-hybridized carbons (Fsp3) is 0.588. The third kappa shape index (κ3) is 13.5. The van der Waals surface area contributed by atoms with Gasteiger partial charge in [0.1, 0.15) is 0 Å².